The SMILES string of the molecule is O=C(Nc1nc(-c2ccc(OC(F)F)cc2)ns1)c1cc(-c2cccs2)on1. The molecular formula is C17H10F2N4O3S2. The molecule has 0 unspecified atom stereocenters. The van der Waals surface area contributed by atoms with E-state index in [1.807, 2.05) is 17.5 Å². The minimum Gasteiger partial charge on any atom is -0.435 e. The first-order valence-electron chi connectivity index (χ1n) is 7.79. The molecule has 0 aliphatic carbocycles. The van der Waals surface area contributed by atoms with Gasteiger partial charge in [0.2, 0.25) is 5.13 Å². The van der Waals surface area contributed by atoms with Crippen LogP contribution in [0.1, 0.15) is 10.5 Å². The molecule has 11 heteroatoms. The Hall–Kier alpha value is -3.18. The van der Waals surface area contributed by atoms with Crippen LogP contribution in [0.2, 0.25) is 0 Å². The lowest BCUT2D eigenvalue weighted by atomic mass is 10.2. The second-order valence-electron chi connectivity index (χ2n) is 5.33. The van der Waals surface area contributed by atoms with Crippen molar-refractivity contribution in [2.24, 2.45) is 0 Å². The maximum atomic E-state index is 12.3. The molecule has 28 heavy (non-hydrogen) atoms. The Morgan fingerprint density at radius 1 is 1.21 bits per heavy atom. The zero-order valence-corrected chi connectivity index (χ0v) is 15.5. The van der Waals surface area contributed by atoms with Gasteiger partial charge in [0.15, 0.2) is 17.3 Å². The van der Waals surface area contributed by atoms with Crippen molar-refractivity contribution in [1.29, 1.82) is 0 Å². The summed E-state index contributed by atoms with van der Waals surface area (Å²) in [5, 5.41) is 8.54. The van der Waals surface area contributed by atoms with Gasteiger partial charge >= 0.3 is 6.61 Å². The van der Waals surface area contributed by atoms with Crippen molar-refractivity contribution in [2.45, 2.75) is 6.61 Å². The summed E-state index contributed by atoms with van der Waals surface area (Å²) in [4.78, 5) is 17.4. The van der Waals surface area contributed by atoms with E-state index < -0.39 is 12.5 Å². The van der Waals surface area contributed by atoms with Crippen molar-refractivity contribution < 1.29 is 22.8 Å². The average Bonchev–Trinajstić information content (AvgIpc) is 3.43. The highest BCUT2D eigenvalue weighted by Gasteiger charge is 2.17. The molecule has 0 bridgehead atoms. The monoisotopic (exact) mass is 420 g/mol. The molecular weight excluding hydrogens is 410 g/mol. The van der Waals surface area contributed by atoms with Crippen LogP contribution in [0, 0.1) is 0 Å². The van der Waals surface area contributed by atoms with Gasteiger partial charge in [-0.1, -0.05) is 11.2 Å². The Morgan fingerprint density at radius 3 is 2.75 bits per heavy atom. The number of carbonyl (C=O) groups is 1. The highest BCUT2D eigenvalue weighted by molar-refractivity contribution is 7.13. The van der Waals surface area contributed by atoms with E-state index in [-0.39, 0.29) is 16.6 Å². The number of rotatable bonds is 6. The molecule has 0 spiro atoms. The zero-order valence-electron chi connectivity index (χ0n) is 13.8. The van der Waals surface area contributed by atoms with Crippen molar-refractivity contribution in [3.63, 3.8) is 0 Å². The Labute approximate surface area is 164 Å². The third-order valence-electron chi connectivity index (χ3n) is 3.49. The first-order valence-corrected chi connectivity index (χ1v) is 9.45. The van der Waals surface area contributed by atoms with Gasteiger partial charge < -0.3 is 9.26 Å². The molecule has 1 amide bonds. The lowest BCUT2D eigenvalue weighted by molar-refractivity contribution is -0.0498. The number of nitrogens with zero attached hydrogens (tertiary/aromatic N) is 3. The maximum absolute atomic E-state index is 12.3. The van der Waals surface area contributed by atoms with Gasteiger partial charge in [0.1, 0.15) is 5.75 Å². The van der Waals surface area contributed by atoms with Crippen LogP contribution in [0.15, 0.2) is 52.4 Å². The molecule has 0 aliphatic heterocycles. The molecule has 1 N–H and O–H groups in total. The number of amides is 1. The molecule has 142 valence electrons. The van der Waals surface area contributed by atoms with Crippen molar-refractivity contribution >= 4 is 33.9 Å². The predicted molar refractivity (Wildman–Crippen MR) is 99.7 cm³/mol. The second-order valence-corrected chi connectivity index (χ2v) is 7.03. The largest absolute Gasteiger partial charge is 0.435 e. The van der Waals surface area contributed by atoms with Gasteiger partial charge in [0.05, 0.1) is 4.88 Å². The third kappa shape index (κ3) is 4.05. The Bertz CT molecular complexity index is 1080. The number of thiophene rings is 1. The minimum absolute atomic E-state index is 0.0371. The number of aromatic nitrogens is 3. The quantitative estimate of drug-likeness (QED) is 0.483. The molecule has 0 saturated heterocycles. The standard InChI is InChI=1S/C17H10F2N4O3S2/c18-16(19)25-10-5-3-9(4-6-10)14-20-17(28-23-14)21-15(24)11-8-12(26-22-11)13-2-1-7-27-13/h1-8,16H,(H,20,21,23,24). The summed E-state index contributed by atoms with van der Waals surface area (Å²) in [6.07, 6.45) is 0. The second kappa shape index (κ2) is 7.82. The fourth-order valence-corrected chi connectivity index (χ4v) is 3.51. The summed E-state index contributed by atoms with van der Waals surface area (Å²) in [5.41, 5.74) is 0.716. The van der Waals surface area contributed by atoms with Gasteiger partial charge in [-0.05, 0) is 35.7 Å². The van der Waals surface area contributed by atoms with Crippen LogP contribution in [-0.2, 0) is 0 Å². The van der Waals surface area contributed by atoms with E-state index in [1.165, 1.54) is 23.5 Å². The lowest BCUT2D eigenvalue weighted by Crippen LogP contribution is -2.11. The number of carbonyl (C=O) groups excluding carboxylic acids is 1. The van der Waals surface area contributed by atoms with E-state index in [4.69, 9.17) is 4.52 Å². The number of anilines is 1. The molecule has 0 aliphatic rings. The maximum Gasteiger partial charge on any atom is 0.387 e. The summed E-state index contributed by atoms with van der Waals surface area (Å²) in [6, 6.07) is 11.2. The van der Waals surface area contributed by atoms with Crippen LogP contribution in [0.3, 0.4) is 0 Å². The molecule has 3 heterocycles. The number of halogens is 2. The topological polar surface area (TPSA) is 90.1 Å². The Morgan fingerprint density at radius 2 is 2.04 bits per heavy atom. The van der Waals surface area contributed by atoms with Crippen LogP contribution in [0.5, 0.6) is 5.75 Å². The lowest BCUT2D eigenvalue weighted by Gasteiger charge is -2.03. The highest BCUT2D eigenvalue weighted by Crippen LogP contribution is 2.27. The highest BCUT2D eigenvalue weighted by atomic mass is 32.1. The van der Waals surface area contributed by atoms with Gasteiger partial charge in [-0.15, -0.1) is 11.3 Å². The van der Waals surface area contributed by atoms with Crippen molar-refractivity contribution in [2.75, 3.05) is 5.32 Å². The molecule has 3 aromatic heterocycles. The fourth-order valence-electron chi connectivity index (χ4n) is 2.26. The van der Waals surface area contributed by atoms with Crippen LogP contribution < -0.4 is 10.1 Å². The summed E-state index contributed by atoms with van der Waals surface area (Å²) in [7, 11) is 0. The van der Waals surface area contributed by atoms with E-state index in [0.717, 1.165) is 16.4 Å². The number of benzene rings is 1. The molecule has 1 aromatic carbocycles. The fraction of sp³-hybridized carbons (Fsp3) is 0.0588. The number of alkyl halides is 2. The third-order valence-corrected chi connectivity index (χ3v) is 5.01. The first kappa shape index (κ1) is 18.2. The number of hydrogen-bond donors (Lipinski definition) is 1. The molecule has 4 rings (SSSR count). The molecule has 0 radical (unpaired) electrons. The van der Waals surface area contributed by atoms with Gasteiger partial charge in [-0.25, -0.2) is 0 Å². The number of ether oxygens (including phenoxy) is 1. The van der Waals surface area contributed by atoms with Crippen LogP contribution in [0.25, 0.3) is 22.0 Å². The number of nitrogens with one attached hydrogen (secondary N) is 1. The average molecular weight is 420 g/mol. The molecule has 0 saturated carbocycles. The Balaban J connectivity index is 1.44. The predicted octanol–water partition coefficient (Wildman–Crippen LogP) is 4.78. The van der Waals surface area contributed by atoms with Crippen LogP contribution in [-0.4, -0.2) is 27.0 Å². The van der Waals surface area contributed by atoms with Gasteiger partial charge in [-0.3, -0.25) is 10.1 Å². The van der Waals surface area contributed by atoms with Crippen molar-refractivity contribution in [3.05, 3.63) is 53.5 Å². The Kier molecular flexibility index (Phi) is 5.08. The summed E-state index contributed by atoms with van der Waals surface area (Å²) >= 11 is 2.46. The summed E-state index contributed by atoms with van der Waals surface area (Å²) in [6.45, 7) is -2.89. The first-order chi connectivity index (χ1) is 13.6. The van der Waals surface area contributed by atoms with Crippen molar-refractivity contribution in [1.82, 2.24) is 14.5 Å². The molecule has 0 fully saturated rings. The smallest absolute Gasteiger partial charge is 0.387 e. The number of hydrogen-bond acceptors (Lipinski definition) is 8. The van der Waals surface area contributed by atoms with E-state index in [9.17, 15) is 13.6 Å². The molecule has 4 aromatic rings. The van der Waals surface area contributed by atoms with Gasteiger partial charge in [0, 0.05) is 23.2 Å². The zero-order chi connectivity index (χ0) is 19.5. The van der Waals surface area contributed by atoms with E-state index >= 15 is 0 Å². The minimum atomic E-state index is -2.89. The van der Waals surface area contributed by atoms with Gasteiger partial charge in [-0.2, -0.15) is 18.1 Å². The van der Waals surface area contributed by atoms with Gasteiger partial charge in [0.25, 0.3) is 5.91 Å². The van der Waals surface area contributed by atoms with Crippen molar-refractivity contribution in [3.8, 4) is 27.8 Å². The van der Waals surface area contributed by atoms with E-state index in [2.05, 4.69) is 24.6 Å². The van der Waals surface area contributed by atoms with E-state index in [0.29, 0.717) is 17.1 Å². The molecule has 0 atom stereocenters. The van der Waals surface area contributed by atoms with E-state index in [1.54, 1.807) is 18.2 Å². The summed E-state index contributed by atoms with van der Waals surface area (Å²) in [5.74, 6) is 0.414. The summed E-state index contributed by atoms with van der Waals surface area (Å²) < 4.78 is 38.0. The molecule has 7 nitrogen and oxygen atoms in total. The van der Waals surface area contributed by atoms with Crippen LogP contribution in [0.4, 0.5) is 13.9 Å². The normalized spacial score (nSPS) is 11.0. The van der Waals surface area contributed by atoms with Crippen LogP contribution >= 0.6 is 22.9 Å².